The van der Waals surface area contributed by atoms with E-state index in [0.717, 1.165) is 12.2 Å². The van der Waals surface area contributed by atoms with Crippen LogP contribution >= 0.6 is 11.8 Å². The number of carbonyl (C=O) groups excluding carboxylic acids is 1. The molecule has 0 spiro atoms. The second-order valence-corrected chi connectivity index (χ2v) is 4.63. The highest BCUT2D eigenvalue weighted by Gasteiger charge is 2.20. The van der Waals surface area contributed by atoms with Gasteiger partial charge in [0.1, 0.15) is 0 Å². The summed E-state index contributed by atoms with van der Waals surface area (Å²) in [4.78, 5) is 22.2. The molecule has 0 saturated heterocycles. The maximum atomic E-state index is 11.5. The zero-order chi connectivity index (χ0) is 13.3. The van der Waals surface area contributed by atoms with Gasteiger partial charge in [-0.05, 0) is 25.4 Å². The Hall–Kier alpha value is -0.950. The average molecular weight is 264 g/mol. The van der Waals surface area contributed by atoms with Gasteiger partial charge in [-0.2, -0.15) is 11.8 Å². The molecule has 0 aromatic rings. The quantitative estimate of drug-likeness (QED) is 0.595. The van der Waals surface area contributed by atoms with Gasteiger partial charge < -0.3 is 20.5 Å². The van der Waals surface area contributed by atoms with Crippen molar-refractivity contribution in [3.8, 4) is 0 Å². The molecule has 0 aliphatic rings. The first-order valence-electron chi connectivity index (χ1n) is 5.29. The lowest BCUT2D eigenvalue weighted by Crippen LogP contribution is -2.50. The zero-order valence-corrected chi connectivity index (χ0v) is 11.2. The lowest BCUT2D eigenvalue weighted by molar-refractivity contribution is -0.140. The highest BCUT2D eigenvalue weighted by molar-refractivity contribution is 7.98. The smallest absolute Gasteiger partial charge is 0.328 e. The number of nitrogens with one attached hydrogen (secondary N) is 2. The van der Waals surface area contributed by atoms with E-state index in [1.54, 1.807) is 11.8 Å². The highest BCUT2D eigenvalue weighted by atomic mass is 32.2. The third-order valence-electron chi connectivity index (χ3n) is 2.07. The van der Waals surface area contributed by atoms with Crippen LogP contribution < -0.4 is 10.6 Å². The highest BCUT2D eigenvalue weighted by Crippen LogP contribution is 1.99. The number of methoxy groups -OCH3 is 1. The van der Waals surface area contributed by atoms with Crippen LogP contribution in [-0.2, 0) is 9.53 Å². The van der Waals surface area contributed by atoms with E-state index in [2.05, 4.69) is 10.6 Å². The number of aliphatic carboxylic acids is 1. The molecule has 6 nitrogen and oxygen atoms in total. The van der Waals surface area contributed by atoms with Crippen molar-refractivity contribution < 1.29 is 19.4 Å². The van der Waals surface area contributed by atoms with E-state index in [9.17, 15) is 9.59 Å². The molecule has 17 heavy (non-hydrogen) atoms. The van der Waals surface area contributed by atoms with Gasteiger partial charge in [-0.15, -0.1) is 0 Å². The summed E-state index contributed by atoms with van der Waals surface area (Å²) in [6.45, 7) is 1.82. The third kappa shape index (κ3) is 7.87. The minimum absolute atomic E-state index is 0.0134. The Morgan fingerprint density at radius 2 is 2.06 bits per heavy atom. The van der Waals surface area contributed by atoms with Crippen LogP contribution in [0.1, 0.15) is 13.3 Å². The molecule has 7 heteroatoms. The number of carboxylic acid groups (broad SMARTS) is 1. The average Bonchev–Trinajstić information content (AvgIpc) is 2.25. The van der Waals surface area contributed by atoms with E-state index in [1.807, 2.05) is 13.2 Å². The van der Waals surface area contributed by atoms with E-state index in [4.69, 9.17) is 9.84 Å². The van der Waals surface area contributed by atoms with E-state index in [0.29, 0.717) is 0 Å². The Balaban J connectivity index is 4.00. The molecule has 2 unspecified atom stereocenters. The number of carboxylic acids is 1. The van der Waals surface area contributed by atoms with Gasteiger partial charge in [0.25, 0.3) is 0 Å². The minimum atomic E-state index is -1.11. The molecular formula is C10H20N2O4S. The van der Waals surface area contributed by atoms with Crippen LogP contribution in [0.5, 0.6) is 0 Å². The van der Waals surface area contributed by atoms with E-state index >= 15 is 0 Å². The molecule has 0 bridgehead atoms. The summed E-state index contributed by atoms with van der Waals surface area (Å²) >= 11 is 1.70. The molecule has 3 N–H and O–H groups in total. The Bertz CT molecular complexity index is 250. The summed E-state index contributed by atoms with van der Waals surface area (Å²) in [5, 5.41) is 13.8. The van der Waals surface area contributed by atoms with E-state index < -0.39 is 18.0 Å². The van der Waals surface area contributed by atoms with E-state index in [-0.39, 0.29) is 12.6 Å². The van der Waals surface area contributed by atoms with Crippen molar-refractivity contribution in [2.75, 3.05) is 25.7 Å². The normalized spacial score (nSPS) is 13.8. The topological polar surface area (TPSA) is 87.7 Å². The summed E-state index contributed by atoms with van der Waals surface area (Å²) in [6, 6.07) is -1.49. The van der Waals surface area contributed by atoms with Crippen LogP contribution in [0, 0.1) is 0 Å². The van der Waals surface area contributed by atoms with Crippen LogP contribution in [0.15, 0.2) is 0 Å². The van der Waals surface area contributed by atoms with E-state index in [1.165, 1.54) is 7.11 Å². The molecule has 0 radical (unpaired) electrons. The molecule has 2 atom stereocenters. The van der Waals surface area contributed by atoms with Crippen molar-refractivity contribution in [1.82, 2.24) is 10.6 Å². The van der Waals surface area contributed by atoms with Gasteiger partial charge >= 0.3 is 12.0 Å². The summed E-state index contributed by atoms with van der Waals surface area (Å²) < 4.78 is 4.71. The fourth-order valence-corrected chi connectivity index (χ4v) is 1.72. The summed E-state index contributed by atoms with van der Waals surface area (Å²) in [5.41, 5.74) is 0. The molecule has 0 aliphatic carbocycles. The first-order valence-corrected chi connectivity index (χ1v) is 6.68. The maximum absolute atomic E-state index is 11.5. The largest absolute Gasteiger partial charge is 0.480 e. The van der Waals surface area contributed by atoms with Crippen molar-refractivity contribution in [2.24, 2.45) is 0 Å². The van der Waals surface area contributed by atoms with Crippen LogP contribution in [-0.4, -0.2) is 54.9 Å². The standard InChI is InChI=1S/C10H20N2O4S/c1-7(4-5-17-3)11-10(15)12-8(6-16-2)9(13)14/h7-8H,4-6H2,1-3H3,(H,13,14)(H2,11,12,15). The summed E-state index contributed by atoms with van der Waals surface area (Å²) in [6.07, 6.45) is 2.84. The Morgan fingerprint density at radius 3 is 2.53 bits per heavy atom. The van der Waals surface area contributed by atoms with Crippen LogP contribution in [0.2, 0.25) is 0 Å². The van der Waals surface area contributed by atoms with Crippen LogP contribution in [0.4, 0.5) is 4.79 Å². The lowest BCUT2D eigenvalue weighted by Gasteiger charge is -2.17. The minimum Gasteiger partial charge on any atom is -0.480 e. The van der Waals surface area contributed by atoms with Gasteiger partial charge in [0.15, 0.2) is 6.04 Å². The lowest BCUT2D eigenvalue weighted by atomic mass is 10.2. The van der Waals surface area contributed by atoms with Gasteiger partial charge in [-0.3, -0.25) is 0 Å². The number of rotatable bonds is 8. The number of ether oxygens (including phenoxy) is 1. The second kappa shape index (κ2) is 9.12. The summed E-state index contributed by atoms with van der Waals surface area (Å²) in [5.74, 6) is -0.166. The van der Waals surface area contributed by atoms with Crippen molar-refractivity contribution >= 4 is 23.8 Å². The van der Waals surface area contributed by atoms with Crippen molar-refractivity contribution in [2.45, 2.75) is 25.4 Å². The van der Waals surface area contributed by atoms with Gasteiger partial charge in [-0.25, -0.2) is 9.59 Å². The molecule has 0 heterocycles. The maximum Gasteiger partial charge on any atom is 0.328 e. The SMILES string of the molecule is COCC(NC(=O)NC(C)CCSC)C(=O)O. The predicted octanol–water partition coefficient (Wildman–Crippen LogP) is 0.527. The molecule has 0 fully saturated rings. The van der Waals surface area contributed by atoms with Gasteiger partial charge in [-0.1, -0.05) is 0 Å². The molecular weight excluding hydrogens is 244 g/mol. The van der Waals surface area contributed by atoms with Crippen LogP contribution in [0.3, 0.4) is 0 Å². The van der Waals surface area contributed by atoms with Crippen LogP contribution in [0.25, 0.3) is 0 Å². The van der Waals surface area contributed by atoms with Crippen molar-refractivity contribution in [1.29, 1.82) is 0 Å². The van der Waals surface area contributed by atoms with Crippen molar-refractivity contribution in [3.05, 3.63) is 0 Å². The number of thioether (sulfide) groups is 1. The fraction of sp³-hybridized carbons (Fsp3) is 0.800. The molecule has 0 aromatic carbocycles. The zero-order valence-electron chi connectivity index (χ0n) is 10.4. The molecule has 0 saturated carbocycles. The molecule has 0 aromatic heterocycles. The molecule has 2 amide bonds. The number of hydrogen-bond donors (Lipinski definition) is 3. The monoisotopic (exact) mass is 264 g/mol. The van der Waals surface area contributed by atoms with Gasteiger partial charge in [0.2, 0.25) is 0 Å². The predicted molar refractivity (Wildman–Crippen MR) is 67.4 cm³/mol. The first-order chi connectivity index (χ1) is 8.01. The summed E-state index contributed by atoms with van der Waals surface area (Å²) in [7, 11) is 1.39. The first kappa shape index (κ1) is 16.1. The number of hydrogen-bond acceptors (Lipinski definition) is 4. The van der Waals surface area contributed by atoms with Gasteiger partial charge in [0.05, 0.1) is 6.61 Å². The Kier molecular flexibility index (Phi) is 8.61. The second-order valence-electron chi connectivity index (χ2n) is 3.65. The molecule has 0 rings (SSSR count). The molecule has 100 valence electrons. The Morgan fingerprint density at radius 1 is 1.41 bits per heavy atom. The molecule has 0 aliphatic heterocycles. The third-order valence-corrected chi connectivity index (χ3v) is 2.71. The number of carbonyl (C=O) groups is 2. The van der Waals surface area contributed by atoms with Crippen molar-refractivity contribution in [3.63, 3.8) is 0 Å². The Labute approximate surface area is 105 Å². The fourth-order valence-electron chi connectivity index (χ4n) is 1.13. The number of amides is 2. The number of urea groups is 1. The van der Waals surface area contributed by atoms with Gasteiger partial charge in [0, 0.05) is 13.2 Å².